The van der Waals surface area contributed by atoms with E-state index in [1.165, 1.54) is 11.3 Å². The monoisotopic (exact) mass is 265 g/mol. The van der Waals surface area contributed by atoms with Crippen LogP contribution in [0.25, 0.3) is 0 Å². The quantitative estimate of drug-likeness (QED) is 0.701. The van der Waals surface area contributed by atoms with E-state index < -0.39 is 0 Å². The van der Waals surface area contributed by atoms with E-state index in [0.29, 0.717) is 17.0 Å². The first-order valence-corrected chi connectivity index (χ1v) is 6.14. The molecule has 0 radical (unpaired) electrons. The number of thiophene rings is 1. The van der Waals surface area contributed by atoms with Gasteiger partial charge in [-0.3, -0.25) is 25.4 Å². The second kappa shape index (κ2) is 5.41. The van der Waals surface area contributed by atoms with Crippen LogP contribution in [0.3, 0.4) is 0 Å². The lowest BCUT2D eigenvalue weighted by Gasteiger charge is -2.05. The fourth-order valence-electron chi connectivity index (χ4n) is 1.23. The Morgan fingerprint density at radius 3 is 2.94 bits per heavy atom. The highest BCUT2D eigenvalue weighted by molar-refractivity contribution is 7.12. The molecular formula is C10H11N5O2S. The van der Waals surface area contributed by atoms with Crippen LogP contribution < -0.4 is 16.4 Å². The summed E-state index contributed by atoms with van der Waals surface area (Å²) in [5, 5.41) is 9.27. The van der Waals surface area contributed by atoms with Crippen LogP contribution in [-0.4, -0.2) is 21.1 Å². The highest BCUT2D eigenvalue weighted by atomic mass is 32.1. The number of nitrogens with one attached hydrogen (secondary N) is 3. The molecule has 0 bridgehead atoms. The molecule has 0 atom stereocenters. The second-order valence-electron chi connectivity index (χ2n) is 3.36. The lowest BCUT2D eigenvalue weighted by molar-refractivity contribution is 0.0966. The van der Waals surface area contributed by atoms with E-state index in [4.69, 9.17) is 0 Å². The molecule has 8 heteroatoms. The molecular weight excluding hydrogens is 254 g/mol. The maximum Gasteiger partial charge on any atom is 0.279 e. The van der Waals surface area contributed by atoms with Crippen molar-refractivity contribution in [3.63, 3.8) is 0 Å². The number of nitrogens with zero attached hydrogens (tertiary/aromatic N) is 2. The average molecular weight is 265 g/mol. The van der Waals surface area contributed by atoms with Crippen molar-refractivity contribution in [1.29, 1.82) is 0 Å². The topological polar surface area (TPSA) is 99.8 Å². The molecule has 0 spiro atoms. The van der Waals surface area contributed by atoms with E-state index >= 15 is 0 Å². The number of H-pyrrole nitrogens is 1. The van der Waals surface area contributed by atoms with Gasteiger partial charge in [0.15, 0.2) is 0 Å². The molecule has 0 fully saturated rings. The van der Waals surface area contributed by atoms with E-state index in [1.54, 1.807) is 17.5 Å². The van der Waals surface area contributed by atoms with Crippen LogP contribution in [0.2, 0.25) is 0 Å². The zero-order chi connectivity index (χ0) is 13.0. The van der Waals surface area contributed by atoms with Gasteiger partial charge in [-0.15, -0.1) is 21.5 Å². The second-order valence-corrected chi connectivity index (χ2v) is 4.31. The van der Waals surface area contributed by atoms with E-state index in [9.17, 15) is 9.59 Å². The summed E-state index contributed by atoms with van der Waals surface area (Å²) in [6.07, 6.45) is 0.504. The molecule has 0 saturated heterocycles. The highest BCUT2D eigenvalue weighted by Crippen LogP contribution is 2.07. The lowest BCUT2D eigenvalue weighted by Crippen LogP contribution is -2.31. The number of carbonyl (C=O) groups is 1. The Morgan fingerprint density at radius 2 is 2.33 bits per heavy atom. The Balaban J connectivity index is 2.00. The van der Waals surface area contributed by atoms with Crippen LogP contribution in [0, 0.1) is 0 Å². The minimum absolute atomic E-state index is 0.0992. The van der Waals surface area contributed by atoms with Gasteiger partial charge in [0.1, 0.15) is 5.69 Å². The number of hydrazine groups is 1. The summed E-state index contributed by atoms with van der Waals surface area (Å²) in [6, 6.07) is 3.47. The minimum Gasteiger partial charge on any atom is -0.288 e. The molecule has 2 aromatic rings. The number of aryl methyl sites for hydroxylation is 1. The van der Waals surface area contributed by atoms with Gasteiger partial charge in [0.25, 0.3) is 11.5 Å². The van der Waals surface area contributed by atoms with Crippen LogP contribution in [-0.2, 0) is 6.42 Å². The van der Waals surface area contributed by atoms with Crippen LogP contribution in [0.4, 0.5) is 5.95 Å². The molecule has 0 aliphatic rings. The van der Waals surface area contributed by atoms with Crippen LogP contribution in [0.5, 0.6) is 0 Å². The summed E-state index contributed by atoms with van der Waals surface area (Å²) < 4.78 is 0. The van der Waals surface area contributed by atoms with Crippen molar-refractivity contribution in [3.05, 3.63) is 38.4 Å². The maximum atomic E-state index is 11.6. The van der Waals surface area contributed by atoms with Gasteiger partial charge in [-0.05, 0) is 17.9 Å². The Morgan fingerprint density at radius 1 is 1.50 bits per heavy atom. The molecule has 1 amide bonds. The standard InChI is InChI=1S/C10H11N5O2S/c1-2-6-8(16)11-10(14-12-6)15-13-9(17)7-4-3-5-18-7/h3-5H,2H2,1H3,(H,13,17)(H2,11,14,15,16). The first-order chi connectivity index (χ1) is 8.70. The maximum absolute atomic E-state index is 11.6. The van der Waals surface area contributed by atoms with Gasteiger partial charge in [-0.2, -0.15) is 0 Å². The zero-order valence-electron chi connectivity index (χ0n) is 9.56. The van der Waals surface area contributed by atoms with E-state index in [0.717, 1.165) is 0 Å². The lowest BCUT2D eigenvalue weighted by atomic mass is 10.4. The Labute approximate surface area is 106 Å². The third kappa shape index (κ3) is 2.72. The fraction of sp³-hybridized carbons (Fsp3) is 0.200. The number of amides is 1. The van der Waals surface area contributed by atoms with Gasteiger partial charge >= 0.3 is 0 Å². The van der Waals surface area contributed by atoms with Gasteiger partial charge < -0.3 is 0 Å². The number of anilines is 1. The van der Waals surface area contributed by atoms with Gasteiger partial charge in [0.05, 0.1) is 4.88 Å². The van der Waals surface area contributed by atoms with Crippen molar-refractivity contribution in [3.8, 4) is 0 Å². The summed E-state index contributed by atoms with van der Waals surface area (Å²) in [6.45, 7) is 1.81. The normalized spacial score (nSPS) is 10.1. The van der Waals surface area contributed by atoms with Crippen LogP contribution >= 0.6 is 11.3 Å². The first-order valence-electron chi connectivity index (χ1n) is 5.26. The summed E-state index contributed by atoms with van der Waals surface area (Å²) in [5.41, 5.74) is 4.95. The fourth-order valence-corrected chi connectivity index (χ4v) is 1.85. The summed E-state index contributed by atoms with van der Waals surface area (Å²) >= 11 is 1.32. The molecule has 0 aliphatic carbocycles. The molecule has 2 rings (SSSR count). The van der Waals surface area contributed by atoms with Crippen molar-refractivity contribution in [1.82, 2.24) is 20.6 Å². The molecule has 2 aromatic heterocycles. The van der Waals surface area contributed by atoms with Crippen molar-refractivity contribution in [2.24, 2.45) is 0 Å². The van der Waals surface area contributed by atoms with Gasteiger partial charge in [-0.1, -0.05) is 13.0 Å². The van der Waals surface area contributed by atoms with Crippen LogP contribution in [0.1, 0.15) is 22.3 Å². The number of carbonyl (C=O) groups excluding carboxylic acids is 1. The van der Waals surface area contributed by atoms with Gasteiger partial charge in [0.2, 0.25) is 5.95 Å². The molecule has 2 heterocycles. The third-order valence-corrected chi connectivity index (χ3v) is 3.01. The number of aromatic nitrogens is 3. The predicted octanol–water partition coefficient (Wildman–Crippen LogP) is 0.546. The Bertz CT molecular complexity index is 593. The van der Waals surface area contributed by atoms with Crippen LogP contribution in [0.15, 0.2) is 22.3 Å². The summed E-state index contributed by atoms with van der Waals surface area (Å²) in [5.74, 6) is -0.200. The molecule has 18 heavy (non-hydrogen) atoms. The van der Waals surface area contributed by atoms with Gasteiger partial charge in [-0.25, -0.2) is 0 Å². The Hall–Kier alpha value is -2.22. The van der Waals surface area contributed by atoms with Crippen molar-refractivity contribution >= 4 is 23.2 Å². The van der Waals surface area contributed by atoms with E-state index in [2.05, 4.69) is 26.0 Å². The smallest absolute Gasteiger partial charge is 0.279 e. The number of rotatable bonds is 4. The molecule has 0 aromatic carbocycles. The first kappa shape index (κ1) is 12.2. The summed E-state index contributed by atoms with van der Waals surface area (Å²) in [4.78, 5) is 26.1. The third-order valence-electron chi connectivity index (χ3n) is 2.14. The average Bonchev–Trinajstić information content (AvgIpc) is 2.90. The Kier molecular flexibility index (Phi) is 3.68. The predicted molar refractivity (Wildman–Crippen MR) is 67.4 cm³/mol. The van der Waals surface area contributed by atoms with Crippen molar-refractivity contribution in [2.45, 2.75) is 13.3 Å². The molecule has 7 nitrogen and oxygen atoms in total. The summed E-state index contributed by atoms with van der Waals surface area (Å²) in [7, 11) is 0. The molecule has 0 saturated carbocycles. The number of hydrogen-bond donors (Lipinski definition) is 3. The molecule has 0 aliphatic heterocycles. The largest absolute Gasteiger partial charge is 0.288 e. The molecule has 3 N–H and O–H groups in total. The zero-order valence-corrected chi connectivity index (χ0v) is 10.4. The minimum atomic E-state index is -0.319. The van der Waals surface area contributed by atoms with Gasteiger partial charge in [0, 0.05) is 0 Å². The van der Waals surface area contributed by atoms with Crippen molar-refractivity contribution in [2.75, 3.05) is 5.43 Å². The molecule has 0 unspecified atom stereocenters. The van der Waals surface area contributed by atoms with E-state index in [1.807, 2.05) is 6.92 Å². The van der Waals surface area contributed by atoms with E-state index in [-0.39, 0.29) is 17.4 Å². The SMILES string of the molecule is CCc1nnc(NNC(=O)c2cccs2)[nH]c1=O. The number of aromatic amines is 1. The number of hydrogen-bond acceptors (Lipinski definition) is 6. The van der Waals surface area contributed by atoms with Crippen molar-refractivity contribution < 1.29 is 4.79 Å². The highest BCUT2D eigenvalue weighted by Gasteiger charge is 2.07. The molecule has 94 valence electrons.